The van der Waals surface area contributed by atoms with Crippen molar-refractivity contribution in [3.63, 3.8) is 0 Å². The Hall–Kier alpha value is -3.29. The van der Waals surface area contributed by atoms with E-state index >= 15 is 0 Å². The molecule has 0 aliphatic rings. The van der Waals surface area contributed by atoms with Gasteiger partial charge in [0, 0.05) is 0 Å². The van der Waals surface area contributed by atoms with Crippen LogP contribution in [0.15, 0.2) is 39.2 Å². The van der Waals surface area contributed by atoms with E-state index in [1.165, 1.54) is 0 Å². The summed E-state index contributed by atoms with van der Waals surface area (Å²) in [5.41, 5.74) is 0.695. The van der Waals surface area contributed by atoms with Crippen molar-refractivity contribution < 1.29 is 23.1 Å². The predicted molar refractivity (Wildman–Crippen MR) is 93.2 cm³/mol. The molecule has 0 spiro atoms. The number of nitrogens with zero attached hydrogens (tertiary/aromatic N) is 2. The standard InChI is InChI=1S/C18H19N3O5/c1-4-23-13-5-7-14(8-6-13)24-10-16(22)19-18-21-20-17(26-18)15-9-11(2)25-12(15)3/h5-9H,4,10H2,1-3H3,(H,19,21,22). The lowest BCUT2D eigenvalue weighted by atomic mass is 10.2. The molecule has 0 saturated heterocycles. The lowest BCUT2D eigenvalue weighted by molar-refractivity contribution is -0.118. The molecular formula is C18H19N3O5. The monoisotopic (exact) mass is 357 g/mol. The van der Waals surface area contributed by atoms with Crippen LogP contribution in [0, 0.1) is 13.8 Å². The number of furan rings is 1. The molecule has 0 fully saturated rings. The maximum absolute atomic E-state index is 12.0. The first kappa shape index (κ1) is 17.5. The molecule has 0 unspecified atom stereocenters. The SMILES string of the molecule is CCOc1ccc(OCC(=O)Nc2nnc(-c3cc(C)oc3C)o2)cc1. The Morgan fingerprint density at radius 1 is 1.08 bits per heavy atom. The summed E-state index contributed by atoms with van der Waals surface area (Å²) < 4.78 is 21.6. The Bertz CT molecular complexity index is 883. The average Bonchev–Trinajstić information content (AvgIpc) is 3.20. The quantitative estimate of drug-likeness (QED) is 0.692. The summed E-state index contributed by atoms with van der Waals surface area (Å²) in [6.07, 6.45) is 0. The average molecular weight is 357 g/mol. The zero-order valence-electron chi connectivity index (χ0n) is 14.7. The van der Waals surface area contributed by atoms with Gasteiger partial charge in [0.05, 0.1) is 12.2 Å². The van der Waals surface area contributed by atoms with Crippen LogP contribution in [0.1, 0.15) is 18.4 Å². The zero-order valence-corrected chi connectivity index (χ0v) is 14.7. The number of nitrogens with one attached hydrogen (secondary N) is 1. The van der Waals surface area contributed by atoms with Gasteiger partial charge in [0.2, 0.25) is 0 Å². The smallest absolute Gasteiger partial charge is 0.322 e. The summed E-state index contributed by atoms with van der Waals surface area (Å²) in [7, 11) is 0. The lowest BCUT2D eigenvalue weighted by Crippen LogP contribution is -2.20. The maximum atomic E-state index is 12.0. The molecule has 136 valence electrons. The first-order valence-electron chi connectivity index (χ1n) is 8.11. The van der Waals surface area contributed by atoms with Crippen molar-refractivity contribution in [3.8, 4) is 23.0 Å². The van der Waals surface area contributed by atoms with Crippen molar-refractivity contribution in [1.29, 1.82) is 0 Å². The summed E-state index contributed by atoms with van der Waals surface area (Å²) >= 11 is 0. The molecule has 26 heavy (non-hydrogen) atoms. The summed E-state index contributed by atoms with van der Waals surface area (Å²) in [5, 5.41) is 10.2. The van der Waals surface area contributed by atoms with Gasteiger partial charge >= 0.3 is 6.01 Å². The molecule has 8 nitrogen and oxygen atoms in total. The van der Waals surface area contributed by atoms with Gasteiger partial charge in [0.25, 0.3) is 11.8 Å². The van der Waals surface area contributed by atoms with Crippen molar-refractivity contribution in [3.05, 3.63) is 41.9 Å². The molecule has 1 aromatic carbocycles. The fourth-order valence-electron chi connectivity index (χ4n) is 2.33. The van der Waals surface area contributed by atoms with E-state index in [4.69, 9.17) is 18.3 Å². The number of aryl methyl sites for hydroxylation is 2. The first-order chi connectivity index (χ1) is 12.5. The van der Waals surface area contributed by atoms with Gasteiger partial charge < -0.3 is 18.3 Å². The number of carbonyl (C=O) groups excluding carboxylic acids is 1. The van der Waals surface area contributed by atoms with E-state index in [0.29, 0.717) is 23.7 Å². The third kappa shape index (κ3) is 4.21. The molecule has 2 aromatic heterocycles. The lowest BCUT2D eigenvalue weighted by Gasteiger charge is -2.07. The molecule has 3 aromatic rings. The number of ether oxygens (including phenoxy) is 2. The van der Waals surface area contributed by atoms with Crippen molar-refractivity contribution in [2.75, 3.05) is 18.5 Å². The normalized spacial score (nSPS) is 10.6. The summed E-state index contributed by atoms with van der Waals surface area (Å²) in [4.78, 5) is 12.0. The van der Waals surface area contributed by atoms with Gasteiger partial charge in [-0.05, 0) is 51.1 Å². The van der Waals surface area contributed by atoms with E-state index in [2.05, 4.69) is 15.5 Å². The number of carbonyl (C=O) groups is 1. The van der Waals surface area contributed by atoms with Gasteiger partial charge in [-0.2, -0.15) is 0 Å². The number of benzene rings is 1. The second-order valence-electron chi connectivity index (χ2n) is 5.48. The molecule has 0 bridgehead atoms. The summed E-state index contributed by atoms with van der Waals surface area (Å²) in [6, 6.07) is 8.80. The highest BCUT2D eigenvalue weighted by atomic mass is 16.5. The predicted octanol–water partition coefficient (Wildman–Crippen LogP) is 3.36. The second kappa shape index (κ2) is 7.73. The largest absolute Gasteiger partial charge is 0.494 e. The zero-order chi connectivity index (χ0) is 18.5. The third-order valence-corrected chi connectivity index (χ3v) is 3.45. The number of aromatic nitrogens is 2. The van der Waals surface area contributed by atoms with Crippen LogP contribution in [0.2, 0.25) is 0 Å². The van der Waals surface area contributed by atoms with Crippen LogP contribution in [-0.4, -0.2) is 29.3 Å². The molecule has 0 saturated carbocycles. The molecule has 2 heterocycles. The van der Waals surface area contributed by atoms with E-state index < -0.39 is 5.91 Å². The minimum absolute atomic E-state index is 0.00135. The molecule has 0 aliphatic carbocycles. The summed E-state index contributed by atoms with van der Waals surface area (Å²) in [5.74, 6) is 2.58. The Balaban J connectivity index is 1.54. The Morgan fingerprint density at radius 2 is 1.77 bits per heavy atom. The summed E-state index contributed by atoms with van der Waals surface area (Å²) in [6.45, 7) is 5.94. The molecule has 0 aliphatic heterocycles. The van der Waals surface area contributed by atoms with Gasteiger partial charge in [-0.25, -0.2) is 0 Å². The number of hydrogen-bond donors (Lipinski definition) is 1. The number of amides is 1. The van der Waals surface area contributed by atoms with Crippen molar-refractivity contribution in [2.45, 2.75) is 20.8 Å². The molecular weight excluding hydrogens is 338 g/mol. The van der Waals surface area contributed by atoms with E-state index in [0.717, 1.165) is 11.5 Å². The van der Waals surface area contributed by atoms with Gasteiger partial charge in [-0.15, -0.1) is 5.10 Å². The van der Waals surface area contributed by atoms with Crippen molar-refractivity contribution >= 4 is 11.9 Å². The van der Waals surface area contributed by atoms with Crippen LogP contribution in [0.4, 0.5) is 6.01 Å². The van der Waals surface area contributed by atoms with Crippen LogP contribution < -0.4 is 14.8 Å². The Morgan fingerprint density at radius 3 is 2.38 bits per heavy atom. The Labute approximate surface area is 150 Å². The minimum Gasteiger partial charge on any atom is -0.494 e. The second-order valence-corrected chi connectivity index (χ2v) is 5.48. The van der Waals surface area contributed by atoms with Gasteiger partial charge in [-0.3, -0.25) is 10.1 Å². The third-order valence-electron chi connectivity index (χ3n) is 3.45. The molecule has 3 rings (SSSR count). The first-order valence-corrected chi connectivity index (χ1v) is 8.11. The molecule has 8 heteroatoms. The Kier molecular flexibility index (Phi) is 5.21. The van der Waals surface area contributed by atoms with Crippen LogP contribution >= 0.6 is 0 Å². The highest BCUT2D eigenvalue weighted by Gasteiger charge is 2.16. The van der Waals surface area contributed by atoms with Crippen LogP contribution in [0.3, 0.4) is 0 Å². The topological polar surface area (TPSA) is 99.6 Å². The van der Waals surface area contributed by atoms with Crippen molar-refractivity contribution in [2.24, 2.45) is 0 Å². The highest BCUT2D eigenvalue weighted by Crippen LogP contribution is 2.26. The van der Waals surface area contributed by atoms with E-state index in [-0.39, 0.29) is 18.5 Å². The maximum Gasteiger partial charge on any atom is 0.322 e. The molecule has 1 N–H and O–H groups in total. The van der Waals surface area contributed by atoms with Crippen molar-refractivity contribution in [1.82, 2.24) is 10.2 Å². The van der Waals surface area contributed by atoms with Crippen LogP contribution in [-0.2, 0) is 4.79 Å². The van der Waals surface area contributed by atoms with Gasteiger partial charge in [0.15, 0.2) is 6.61 Å². The fraction of sp³-hybridized carbons (Fsp3) is 0.278. The van der Waals surface area contributed by atoms with Crippen LogP contribution in [0.5, 0.6) is 11.5 Å². The van der Waals surface area contributed by atoms with Gasteiger partial charge in [0.1, 0.15) is 23.0 Å². The molecule has 0 atom stereocenters. The van der Waals surface area contributed by atoms with E-state index in [9.17, 15) is 4.79 Å². The molecule has 1 amide bonds. The highest BCUT2D eigenvalue weighted by molar-refractivity contribution is 5.89. The number of rotatable bonds is 7. The van der Waals surface area contributed by atoms with E-state index in [1.807, 2.05) is 13.8 Å². The van der Waals surface area contributed by atoms with Gasteiger partial charge in [-0.1, -0.05) is 5.10 Å². The van der Waals surface area contributed by atoms with E-state index in [1.54, 1.807) is 37.3 Å². The van der Waals surface area contributed by atoms with Crippen LogP contribution in [0.25, 0.3) is 11.5 Å². The fourth-order valence-corrected chi connectivity index (χ4v) is 2.33. The molecule has 0 radical (unpaired) electrons. The number of hydrogen-bond acceptors (Lipinski definition) is 7. The minimum atomic E-state index is -0.408. The number of anilines is 1.